The predicted octanol–water partition coefficient (Wildman–Crippen LogP) is 1.32. The monoisotopic (exact) mass is 234 g/mol. The van der Waals surface area contributed by atoms with Crippen LogP contribution >= 0.6 is 0 Å². The minimum absolute atomic E-state index is 0.322. The number of nitrogens with one attached hydrogen (secondary N) is 1. The summed E-state index contributed by atoms with van der Waals surface area (Å²) in [6.07, 6.45) is 3.81. The number of ether oxygens (including phenoxy) is 1. The van der Waals surface area contributed by atoms with Crippen molar-refractivity contribution in [2.24, 2.45) is 0 Å². The molecule has 0 aliphatic rings. The molecule has 2 rings (SSSR count). The second-order valence-corrected chi connectivity index (χ2v) is 3.40. The van der Waals surface area contributed by atoms with Gasteiger partial charge in [0.1, 0.15) is 12.1 Å². The molecule has 3 N–H and O–H groups in total. The second kappa shape index (κ2) is 5.20. The zero-order chi connectivity index (χ0) is 12.1. The van der Waals surface area contributed by atoms with Gasteiger partial charge in [-0.05, 0) is 12.1 Å². The van der Waals surface area contributed by atoms with E-state index in [1.54, 1.807) is 6.26 Å². The summed E-state index contributed by atoms with van der Waals surface area (Å²) in [5.41, 5.74) is 5.66. The van der Waals surface area contributed by atoms with Gasteiger partial charge in [0, 0.05) is 13.0 Å². The Morgan fingerprint density at radius 2 is 2.35 bits per heavy atom. The van der Waals surface area contributed by atoms with Crippen molar-refractivity contribution < 1.29 is 9.15 Å². The molecular weight excluding hydrogens is 220 g/mol. The lowest BCUT2D eigenvalue weighted by atomic mass is 10.3. The number of hydrogen-bond acceptors (Lipinski definition) is 6. The quantitative estimate of drug-likeness (QED) is 0.811. The minimum atomic E-state index is 0.322. The fourth-order valence-corrected chi connectivity index (χ4v) is 1.47. The minimum Gasteiger partial charge on any atom is -0.490 e. The largest absolute Gasteiger partial charge is 0.490 e. The first-order valence-corrected chi connectivity index (χ1v) is 5.22. The standard InChI is InChI=1S/C11H14N4O2/c1-16-9-10(12)14-7-15-11(9)13-5-4-8-3-2-6-17-8/h2-3,6-7H,4-5H2,1H3,(H3,12,13,14,15). The molecule has 2 aromatic rings. The van der Waals surface area contributed by atoms with E-state index in [-0.39, 0.29) is 0 Å². The van der Waals surface area contributed by atoms with Gasteiger partial charge in [-0.25, -0.2) is 9.97 Å². The van der Waals surface area contributed by atoms with Crippen molar-refractivity contribution in [3.63, 3.8) is 0 Å². The molecule has 6 nitrogen and oxygen atoms in total. The number of nitrogen functional groups attached to an aromatic ring is 1. The number of nitrogens with two attached hydrogens (primary N) is 1. The van der Waals surface area contributed by atoms with Crippen LogP contribution < -0.4 is 15.8 Å². The fourth-order valence-electron chi connectivity index (χ4n) is 1.47. The number of anilines is 2. The maximum atomic E-state index is 5.66. The number of furan rings is 1. The zero-order valence-electron chi connectivity index (χ0n) is 9.51. The maximum Gasteiger partial charge on any atom is 0.203 e. The molecule has 0 aliphatic carbocycles. The van der Waals surface area contributed by atoms with E-state index in [9.17, 15) is 0 Å². The number of rotatable bonds is 5. The van der Waals surface area contributed by atoms with Crippen molar-refractivity contribution in [1.82, 2.24) is 9.97 Å². The third-order valence-corrected chi connectivity index (χ3v) is 2.28. The van der Waals surface area contributed by atoms with Gasteiger partial charge >= 0.3 is 0 Å². The Balaban J connectivity index is 1.97. The van der Waals surface area contributed by atoms with E-state index >= 15 is 0 Å². The topological polar surface area (TPSA) is 86.2 Å². The molecular formula is C11H14N4O2. The van der Waals surface area contributed by atoms with E-state index in [1.807, 2.05) is 12.1 Å². The van der Waals surface area contributed by atoms with Gasteiger partial charge in [0.2, 0.25) is 5.75 Å². The highest BCUT2D eigenvalue weighted by Crippen LogP contribution is 2.25. The lowest BCUT2D eigenvalue weighted by molar-refractivity contribution is 0.415. The van der Waals surface area contributed by atoms with Gasteiger partial charge < -0.3 is 20.2 Å². The summed E-state index contributed by atoms with van der Waals surface area (Å²) >= 11 is 0. The fraction of sp³-hybridized carbons (Fsp3) is 0.273. The Kier molecular flexibility index (Phi) is 3.44. The van der Waals surface area contributed by atoms with E-state index in [4.69, 9.17) is 14.9 Å². The Morgan fingerprint density at radius 3 is 3.06 bits per heavy atom. The number of methoxy groups -OCH3 is 1. The molecule has 0 fully saturated rings. The van der Waals surface area contributed by atoms with Crippen LogP contribution in [0.1, 0.15) is 5.76 Å². The highest BCUT2D eigenvalue weighted by atomic mass is 16.5. The maximum absolute atomic E-state index is 5.66. The lowest BCUT2D eigenvalue weighted by Crippen LogP contribution is -2.09. The SMILES string of the molecule is COc1c(N)ncnc1NCCc1ccco1. The Hall–Kier alpha value is -2.24. The summed E-state index contributed by atoms with van der Waals surface area (Å²) in [7, 11) is 1.53. The van der Waals surface area contributed by atoms with Crippen LogP contribution in [0, 0.1) is 0 Å². The number of hydrogen-bond donors (Lipinski definition) is 2. The van der Waals surface area contributed by atoms with Gasteiger partial charge in [-0.3, -0.25) is 0 Å². The smallest absolute Gasteiger partial charge is 0.203 e. The van der Waals surface area contributed by atoms with Gasteiger partial charge in [0.15, 0.2) is 11.6 Å². The van der Waals surface area contributed by atoms with Crippen LogP contribution in [0.4, 0.5) is 11.6 Å². The third-order valence-electron chi connectivity index (χ3n) is 2.28. The summed E-state index contributed by atoms with van der Waals surface area (Å²) in [5, 5.41) is 3.13. The average Bonchev–Trinajstić information content (AvgIpc) is 2.82. The van der Waals surface area contributed by atoms with Crippen LogP contribution in [-0.2, 0) is 6.42 Å². The molecule has 0 radical (unpaired) electrons. The summed E-state index contributed by atoms with van der Waals surface area (Å²) in [4.78, 5) is 7.92. The molecule has 0 bridgehead atoms. The van der Waals surface area contributed by atoms with E-state index in [2.05, 4.69) is 15.3 Å². The summed E-state index contributed by atoms with van der Waals surface area (Å²) in [6, 6.07) is 3.78. The Bertz CT molecular complexity index is 470. The summed E-state index contributed by atoms with van der Waals surface area (Å²) in [5.74, 6) is 2.29. The van der Waals surface area contributed by atoms with Crippen LogP contribution in [0.5, 0.6) is 5.75 Å². The molecule has 0 unspecified atom stereocenters. The molecule has 0 saturated carbocycles. The molecule has 2 aromatic heterocycles. The summed E-state index contributed by atoms with van der Waals surface area (Å²) < 4.78 is 10.4. The van der Waals surface area contributed by atoms with E-state index in [1.165, 1.54) is 13.4 Å². The molecule has 0 spiro atoms. The van der Waals surface area contributed by atoms with Crippen LogP contribution in [0.2, 0.25) is 0 Å². The first kappa shape index (κ1) is 11.3. The molecule has 0 aliphatic heterocycles. The van der Waals surface area contributed by atoms with Gasteiger partial charge in [0.25, 0.3) is 0 Å². The zero-order valence-corrected chi connectivity index (χ0v) is 9.51. The van der Waals surface area contributed by atoms with Gasteiger partial charge in [-0.1, -0.05) is 0 Å². The molecule has 0 atom stereocenters. The highest BCUT2D eigenvalue weighted by molar-refractivity contribution is 5.61. The van der Waals surface area contributed by atoms with E-state index in [0.29, 0.717) is 23.9 Å². The first-order valence-electron chi connectivity index (χ1n) is 5.22. The van der Waals surface area contributed by atoms with Crippen molar-refractivity contribution in [3.8, 4) is 5.75 Å². The Morgan fingerprint density at radius 1 is 1.47 bits per heavy atom. The van der Waals surface area contributed by atoms with Crippen molar-refractivity contribution in [2.45, 2.75) is 6.42 Å². The van der Waals surface area contributed by atoms with Crippen molar-refractivity contribution >= 4 is 11.6 Å². The molecule has 0 aromatic carbocycles. The molecule has 90 valence electrons. The van der Waals surface area contributed by atoms with Gasteiger partial charge in [-0.2, -0.15) is 0 Å². The Labute approximate surface area is 98.8 Å². The van der Waals surface area contributed by atoms with Gasteiger partial charge in [-0.15, -0.1) is 0 Å². The van der Waals surface area contributed by atoms with Crippen LogP contribution in [-0.4, -0.2) is 23.6 Å². The predicted molar refractivity (Wildman–Crippen MR) is 63.9 cm³/mol. The molecule has 17 heavy (non-hydrogen) atoms. The van der Waals surface area contributed by atoms with E-state index in [0.717, 1.165) is 12.2 Å². The van der Waals surface area contributed by atoms with Crippen molar-refractivity contribution in [1.29, 1.82) is 0 Å². The molecule has 2 heterocycles. The normalized spacial score (nSPS) is 10.2. The van der Waals surface area contributed by atoms with Crippen LogP contribution in [0.25, 0.3) is 0 Å². The van der Waals surface area contributed by atoms with Crippen molar-refractivity contribution in [3.05, 3.63) is 30.5 Å². The third kappa shape index (κ3) is 2.66. The number of aromatic nitrogens is 2. The average molecular weight is 234 g/mol. The van der Waals surface area contributed by atoms with Crippen LogP contribution in [0.3, 0.4) is 0 Å². The van der Waals surface area contributed by atoms with Gasteiger partial charge in [0.05, 0.1) is 13.4 Å². The lowest BCUT2D eigenvalue weighted by Gasteiger charge is -2.10. The molecule has 0 saturated heterocycles. The van der Waals surface area contributed by atoms with Crippen LogP contribution in [0.15, 0.2) is 29.1 Å². The van der Waals surface area contributed by atoms with E-state index < -0.39 is 0 Å². The number of nitrogens with zero attached hydrogens (tertiary/aromatic N) is 2. The molecule has 6 heteroatoms. The second-order valence-electron chi connectivity index (χ2n) is 3.40. The summed E-state index contributed by atoms with van der Waals surface area (Å²) in [6.45, 7) is 0.681. The van der Waals surface area contributed by atoms with Crippen molar-refractivity contribution in [2.75, 3.05) is 24.7 Å². The first-order chi connectivity index (χ1) is 8.31. The molecule has 0 amide bonds. The highest BCUT2D eigenvalue weighted by Gasteiger charge is 2.08.